The first-order valence-electron chi connectivity index (χ1n) is 6.26. The summed E-state index contributed by atoms with van der Waals surface area (Å²) in [6.07, 6.45) is -4.45. The first-order chi connectivity index (χ1) is 10.3. The van der Waals surface area contributed by atoms with Crippen LogP contribution in [0.1, 0.15) is 28.6 Å². The minimum absolute atomic E-state index is 0.0994. The number of carbonyl (C=O) groups is 1. The highest BCUT2D eigenvalue weighted by Gasteiger charge is 2.32. The molecule has 0 fully saturated rings. The van der Waals surface area contributed by atoms with Crippen LogP contribution < -0.4 is 0 Å². The van der Waals surface area contributed by atoms with E-state index in [1.807, 2.05) is 0 Å². The second-order valence-corrected chi connectivity index (χ2v) is 5.23. The number of hydrogen-bond acceptors (Lipinski definition) is 4. The molecule has 0 aliphatic carbocycles. The summed E-state index contributed by atoms with van der Waals surface area (Å²) < 4.78 is 48.1. The average Bonchev–Trinajstić information content (AvgIpc) is 2.79. The van der Waals surface area contributed by atoms with Crippen molar-refractivity contribution >= 4 is 21.9 Å². The van der Waals surface area contributed by atoms with Crippen molar-refractivity contribution in [1.29, 1.82) is 0 Å². The lowest BCUT2D eigenvalue weighted by molar-refractivity contribution is -0.137. The summed E-state index contributed by atoms with van der Waals surface area (Å²) in [7, 11) is 0. The minimum Gasteiger partial charge on any atom is -0.462 e. The molecule has 4 nitrogen and oxygen atoms in total. The maximum Gasteiger partial charge on any atom is 0.416 e. The van der Waals surface area contributed by atoms with E-state index in [1.165, 1.54) is 13.0 Å². The van der Waals surface area contributed by atoms with E-state index >= 15 is 0 Å². The van der Waals surface area contributed by atoms with Crippen molar-refractivity contribution in [2.45, 2.75) is 20.0 Å². The third kappa shape index (κ3) is 3.16. The van der Waals surface area contributed by atoms with Crippen molar-refractivity contribution in [3.63, 3.8) is 0 Å². The molecule has 118 valence electrons. The maximum atomic E-state index is 12.7. The van der Waals surface area contributed by atoms with E-state index in [0.29, 0.717) is 5.56 Å². The number of aryl methyl sites for hydroxylation is 1. The van der Waals surface area contributed by atoms with Gasteiger partial charge in [-0.15, -0.1) is 0 Å². The van der Waals surface area contributed by atoms with Gasteiger partial charge in [-0.25, -0.2) is 4.79 Å². The van der Waals surface area contributed by atoms with Gasteiger partial charge in [-0.2, -0.15) is 13.2 Å². The van der Waals surface area contributed by atoms with Gasteiger partial charge in [-0.05, 0) is 26.0 Å². The van der Waals surface area contributed by atoms with Gasteiger partial charge in [0.15, 0.2) is 0 Å². The topological polar surface area (TPSA) is 52.3 Å². The molecule has 1 aromatic heterocycles. The summed E-state index contributed by atoms with van der Waals surface area (Å²) in [6.45, 7) is 3.34. The molecule has 0 radical (unpaired) electrons. The molecule has 1 aromatic carbocycles. The van der Waals surface area contributed by atoms with E-state index in [9.17, 15) is 18.0 Å². The summed E-state index contributed by atoms with van der Waals surface area (Å²) in [6, 6.07) is 3.07. The minimum atomic E-state index is -4.45. The number of halogens is 4. The smallest absolute Gasteiger partial charge is 0.416 e. The molecule has 0 unspecified atom stereocenters. The highest BCUT2D eigenvalue weighted by molar-refractivity contribution is 9.10. The number of carbonyl (C=O) groups excluding carboxylic acids is 1. The monoisotopic (exact) mass is 377 g/mol. The maximum absolute atomic E-state index is 12.7. The van der Waals surface area contributed by atoms with Crippen LogP contribution in [0, 0.1) is 6.92 Å². The Kier molecular flexibility index (Phi) is 4.60. The molecule has 2 aromatic rings. The first-order valence-corrected chi connectivity index (χ1v) is 7.05. The molecule has 0 aliphatic rings. The van der Waals surface area contributed by atoms with Crippen molar-refractivity contribution in [1.82, 2.24) is 5.16 Å². The Morgan fingerprint density at radius 3 is 2.64 bits per heavy atom. The highest BCUT2D eigenvalue weighted by atomic mass is 79.9. The van der Waals surface area contributed by atoms with Crippen LogP contribution >= 0.6 is 15.9 Å². The molecular formula is C14H11BrF3NO3. The average molecular weight is 378 g/mol. The van der Waals surface area contributed by atoms with E-state index < -0.39 is 17.7 Å². The molecule has 8 heteroatoms. The van der Waals surface area contributed by atoms with Crippen LogP contribution in [0.2, 0.25) is 0 Å². The molecule has 0 spiro atoms. The number of esters is 1. The lowest BCUT2D eigenvalue weighted by Gasteiger charge is -2.09. The second-order valence-electron chi connectivity index (χ2n) is 4.38. The zero-order valence-electron chi connectivity index (χ0n) is 11.6. The summed E-state index contributed by atoms with van der Waals surface area (Å²) in [5, 5.41) is 3.75. The predicted octanol–water partition coefficient (Wildman–Crippen LogP) is 4.61. The third-order valence-corrected chi connectivity index (χ3v) is 3.55. The number of nitrogens with zero attached hydrogens (tertiary/aromatic N) is 1. The molecule has 0 atom stereocenters. The summed E-state index contributed by atoms with van der Waals surface area (Å²) in [4.78, 5) is 11.9. The molecule has 0 bridgehead atoms. The van der Waals surface area contributed by atoms with Crippen molar-refractivity contribution in [3.05, 3.63) is 39.6 Å². The number of hydrogen-bond donors (Lipinski definition) is 0. The van der Waals surface area contributed by atoms with Gasteiger partial charge in [0.25, 0.3) is 0 Å². The van der Waals surface area contributed by atoms with Gasteiger partial charge in [0.2, 0.25) is 0 Å². The molecule has 1 heterocycles. The molecule has 22 heavy (non-hydrogen) atoms. The number of ether oxygens (including phenoxy) is 1. The van der Waals surface area contributed by atoms with Crippen LogP contribution in [-0.2, 0) is 10.9 Å². The Labute approximate surface area is 132 Å². The Morgan fingerprint density at radius 1 is 1.41 bits per heavy atom. The highest BCUT2D eigenvalue weighted by Crippen LogP contribution is 2.37. The first kappa shape index (κ1) is 16.5. The normalized spacial score (nSPS) is 11.5. The van der Waals surface area contributed by atoms with Gasteiger partial charge < -0.3 is 9.26 Å². The quantitative estimate of drug-likeness (QED) is 0.733. The standard InChI is InChI=1S/C14H11BrF3NO3/c1-3-21-13(20)11-7(2)22-19-12(11)9-5-4-8(6-10(9)15)14(16,17)18/h4-6H,3H2,1-2H3. The van der Waals surface area contributed by atoms with Crippen LogP contribution in [0.25, 0.3) is 11.3 Å². The second kappa shape index (κ2) is 6.12. The van der Waals surface area contributed by atoms with E-state index in [1.54, 1.807) is 6.92 Å². The molecule has 0 amide bonds. The Balaban J connectivity index is 2.52. The molecule has 0 aliphatic heterocycles. The van der Waals surface area contributed by atoms with Gasteiger partial charge >= 0.3 is 12.1 Å². The molecular weight excluding hydrogens is 367 g/mol. The van der Waals surface area contributed by atoms with E-state index in [-0.39, 0.29) is 28.1 Å². The van der Waals surface area contributed by atoms with Gasteiger partial charge in [-0.1, -0.05) is 27.2 Å². The van der Waals surface area contributed by atoms with Crippen LogP contribution in [0.4, 0.5) is 13.2 Å². The number of alkyl halides is 3. The van der Waals surface area contributed by atoms with Gasteiger partial charge in [-0.3, -0.25) is 0 Å². The van der Waals surface area contributed by atoms with Crippen LogP contribution in [-0.4, -0.2) is 17.7 Å². The largest absolute Gasteiger partial charge is 0.462 e. The molecule has 0 N–H and O–H groups in total. The molecule has 0 saturated heterocycles. The van der Waals surface area contributed by atoms with E-state index in [2.05, 4.69) is 21.1 Å². The lowest BCUT2D eigenvalue weighted by atomic mass is 10.0. The van der Waals surface area contributed by atoms with Crippen LogP contribution in [0.3, 0.4) is 0 Å². The van der Waals surface area contributed by atoms with E-state index in [4.69, 9.17) is 9.26 Å². The van der Waals surface area contributed by atoms with Crippen LogP contribution in [0.5, 0.6) is 0 Å². The van der Waals surface area contributed by atoms with Crippen molar-refractivity contribution < 1.29 is 27.2 Å². The van der Waals surface area contributed by atoms with Gasteiger partial charge in [0.1, 0.15) is 17.0 Å². The van der Waals surface area contributed by atoms with Gasteiger partial charge in [0, 0.05) is 10.0 Å². The van der Waals surface area contributed by atoms with Crippen molar-refractivity contribution in [3.8, 4) is 11.3 Å². The zero-order valence-corrected chi connectivity index (χ0v) is 13.2. The summed E-state index contributed by atoms with van der Waals surface area (Å²) in [5.41, 5.74) is -0.257. The third-order valence-electron chi connectivity index (χ3n) is 2.89. The Hall–Kier alpha value is -1.83. The lowest BCUT2D eigenvalue weighted by Crippen LogP contribution is -2.07. The number of aromatic nitrogens is 1. The predicted molar refractivity (Wildman–Crippen MR) is 75.3 cm³/mol. The van der Waals surface area contributed by atoms with Gasteiger partial charge in [0.05, 0.1) is 12.2 Å². The SMILES string of the molecule is CCOC(=O)c1c(-c2ccc(C(F)(F)F)cc2Br)noc1C. The molecule has 0 saturated carbocycles. The summed E-state index contributed by atoms with van der Waals surface area (Å²) >= 11 is 3.07. The van der Waals surface area contributed by atoms with Crippen LogP contribution in [0.15, 0.2) is 27.2 Å². The number of rotatable bonds is 3. The van der Waals surface area contributed by atoms with Crippen molar-refractivity contribution in [2.24, 2.45) is 0 Å². The van der Waals surface area contributed by atoms with Crippen molar-refractivity contribution in [2.75, 3.05) is 6.61 Å². The molecule has 2 rings (SSSR count). The Morgan fingerprint density at radius 2 is 2.09 bits per heavy atom. The zero-order chi connectivity index (χ0) is 16.5. The fourth-order valence-electron chi connectivity index (χ4n) is 1.88. The fraction of sp³-hybridized carbons (Fsp3) is 0.286. The summed E-state index contributed by atoms with van der Waals surface area (Å²) in [5.74, 6) is -0.400. The fourth-order valence-corrected chi connectivity index (χ4v) is 2.45. The Bertz CT molecular complexity index is 710. The number of benzene rings is 1. The van der Waals surface area contributed by atoms with E-state index in [0.717, 1.165) is 12.1 Å².